The number of anilines is 1. The number of nitrogen functional groups attached to an aromatic ring is 1. The molecule has 4 aromatic rings. The summed E-state index contributed by atoms with van der Waals surface area (Å²) in [7, 11) is 0. The normalized spacial score (nSPS) is 14.4. The average molecular weight is 410 g/mol. The fourth-order valence-electron chi connectivity index (χ4n) is 3.97. The Labute approximate surface area is 180 Å². The van der Waals surface area contributed by atoms with Gasteiger partial charge >= 0.3 is 0 Å². The Hall–Kier alpha value is -3.89. The molecule has 0 spiro atoms. The van der Waals surface area contributed by atoms with E-state index in [0.29, 0.717) is 17.3 Å². The second-order valence-corrected chi connectivity index (χ2v) is 7.53. The van der Waals surface area contributed by atoms with E-state index >= 15 is 0 Å². The summed E-state index contributed by atoms with van der Waals surface area (Å²) in [6.45, 7) is 1.93. The highest BCUT2D eigenvalue weighted by atomic mass is 16.5. The molecule has 3 N–H and O–H groups in total. The molecule has 7 heteroatoms. The fourth-order valence-corrected chi connectivity index (χ4v) is 3.97. The molecule has 0 atom stereocenters. The lowest BCUT2D eigenvalue weighted by Gasteiger charge is -2.23. The first-order chi connectivity index (χ1) is 15.2. The van der Waals surface area contributed by atoms with Crippen molar-refractivity contribution in [3.8, 4) is 35.1 Å². The minimum Gasteiger partial charge on any atom is -0.457 e. The van der Waals surface area contributed by atoms with Crippen molar-refractivity contribution in [1.82, 2.24) is 25.1 Å². The van der Waals surface area contributed by atoms with E-state index in [1.807, 2.05) is 53.2 Å². The largest absolute Gasteiger partial charge is 0.457 e. The van der Waals surface area contributed by atoms with E-state index in [0.717, 1.165) is 53.8 Å². The molecule has 2 aromatic heterocycles. The topological polar surface area (TPSA) is 90.9 Å². The molecule has 0 bridgehead atoms. The van der Waals surface area contributed by atoms with Crippen molar-refractivity contribution in [3.05, 3.63) is 60.4 Å². The first-order valence-electron chi connectivity index (χ1n) is 10.3. The quantitative estimate of drug-likeness (QED) is 0.498. The lowest BCUT2D eigenvalue weighted by atomic mass is 10.1. The summed E-state index contributed by atoms with van der Waals surface area (Å²) in [6, 6.07) is 15.5. The SMILES string of the molecule is C#Cc1cccc(Oc2ccc(-c3nn(C4CCNCC4)c4ncnc(N)c34)cc2)c1. The number of aromatic nitrogens is 4. The Morgan fingerprint density at radius 3 is 2.65 bits per heavy atom. The minimum absolute atomic E-state index is 0.290. The number of terminal acetylenes is 1. The summed E-state index contributed by atoms with van der Waals surface area (Å²) in [6.07, 6.45) is 8.98. The second-order valence-electron chi connectivity index (χ2n) is 7.53. The standard InChI is InChI=1S/C24H22N6O/c1-2-16-4-3-5-20(14-16)31-19-8-6-17(7-9-19)22-21-23(25)27-15-28-24(21)30(29-22)18-10-12-26-13-11-18/h1,3-9,14-15,18,26H,10-13H2,(H2,25,27,28). The maximum Gasteiger partial charge on any atom is 0.164 e. The Morgan fingerprint density at radius 1 is 1.06 bits per heavy atom. The zero-order valence-electron chi connectivity index (χ0n) is 17.0. The van der Waals surface area contributed by atoms with Crippen LogP contribution in [0, 0.1) is 12.3 Å². The molecule has 2 aromatic carbocycles. The van der Waals surface area contributed by atoms with Gasteiger partial charge in [0.1, 0.15) is 29.3 Å². The molecular weight excluding hydrogens is 388 g/mol. The van der Waals surface area contributed by atoms with Crippen LogP contribution in [-0.4, -0.2) is 32.8 Å². The van der Waals surface area contributed by atoms with Crippen molar-refractivity contribution < 1.29 is 4.74 Å². The number of ether oxygens (including phenoxy) is 1. The van der Waals surface area contributed by atoms with Crippen LogP contribution < -0.4 is 15.8 Å². The van der Waals surface area contributed by atoms with Gasteiger partial charge in [0.15, 0.2) is 5.65 Å². The van der Waals surface area contributed by atoms with Gasteiger partial charge in [0, 0.05) is 11.1 Å². The van der Waals surface area contributed by atoms with E-state index < -0.39 is 0 Å². The third-order valence-corrected chi connectivity index (χ3v) is 5.54. The summed E-state index contributed by atoms with van der Waals surface area (Å²) in [5.41, 5.74) is 9.51. The smallest absolute Gasteiger partial charge is 0.164 e. The Morgan fingerprint density at radius 2 is 1.87 bits per heavy atom. The number of rotatable bonds is 4. The number of nitrogens with zero attached hydrogens (tertiary/aromatic N) is 4. The summed E-state index contributed by atoms with van der Waals surface area (Å²) in [5, 5.41) is 9.10. The van der Waals surface area contributed by atoms with Crippen molar-refractivity contribution in [2.24, 2.45) is 0 Å². The van der Waals surface area contributed by atoms with E-state index in [9.17, 15) is 0 Å². The van der Waals surface area contributed by atoms with Crippen LogP contribution in [0.15, 0.2) is 54.9 Å². The van der Waals surface area contributed by atoms with Gasteiger partial charge in [0.2, 0.25) is 0 Å². The average Bonchev–Trinajstić information content (AvgIpc) is 3.21. The van der Waals surface area contributed by atoms with Crippen LogP contribution in [-0.2, 0) is 0 Å². The number of hydrogen-bond acceptors (Lipinski definition) is 6. The zero-order chi connectivity index (χ0) is 21.2. The number of nitrogens with two attached hydrogens (primary N) is 1. The molecule has 0 saturated carbocycles. The first-order valence-corrected chi connectivity index (χ1v) is 10.3. The van der Waals surface area contributed by atoms with Crippen molar-refractivity contribution in [2.75, 3.05) is 18.8 Å². The van der Waals surface area contributed by atoms with Gasteiger partial charge in [0.25, 0.3) is 0 Å². The van der Waals surface area contributed by atoms with Crippen LogP contribution in [0.3, 0.4) is 0 Å². The monoisotopic (exact) mass is 410 g/mol. The molecule has 0 unspecified atom stereocenters. The van der Waals surface area contributed by atoms with Gasteiger partial charge in [-0.1, -0.05) is 12.0 Å². The number of fused-ring (bicyclic) bond motifs is 1. The van der Waals surface area contributed by atoms with Gasteiger partial charge in [-0.05, 0) is 68.4 Å². The minimum atomic E-state index is 0.290. The van der Waals surface area contributed by atoms with E-state index in [-0.39, 0.29) is 6.04 Å². The zero-order valence-corrected chi connectivity index (χ0v) is 17.0. The lowest BCUT2D eigenvalue weighted by Crippen LogP contribution is -2.30. The predicted octanol–water partition coefficient (Wildman–Crippen LogP) is 3.77. The highest BCUT2D eigenvalue weighted by Crippen LogP contribution is 2.34. The van der Waals surface area contributed by atoms with Gasteiger partial charge in [0.05, 0.1) is 11.4 Å². The van der Waals surface area contributed by atoms with E-state index in [2.05, 4.69) is 21.2 Å². The number of hydrogen-bond donors (Lipinski definition) is 2. The molecule has 3 heterocycles. The maximum absolute atomic E-state index is 6.24. The van der Waals surface area contributed by atoms with Crippen LogP contribution in [0.2, 0.25) is 0 Å². The van der Waals surface area contributed by atoms with E-state index in [4.69, 9.17) is 22.0 Å². The van der Waals surface area contributed by atoms with E-state index in [1.165, 1.54) is 6.33 Å². The van der Waals surface area contributed by atoms with Crippen molar-refractivity contribution >= 4 is 16.9 Å². The van der Waals surface area contributed by atoms with Gasteiger partial charge in [-0.15, -0.1) is 6.42 Å². The maximum atomic E-state index is 6.24. The summed E-state index contributed by atoms with van der Waals surface area (Å²) in [4.78, 5) is 8.70. The molecule has 31 heavy (non-hydrogen) atoms. The van der Waals surface area contributed by atoms with Crippen LogP contribution >= 0.6 is 0 Å². The summed E-state index contributed by atoms with van der Waals surface area (Å²) < 4.78 is 7.96. The molecule has 1 fully saturated rings. The number of piperidine rings is 1. The highest BCUT2D eigenvalue weighted by molar-refractivity contribution is 5.98. The third-order valence-electron chi connectivity index (χ3n) is 5.54. The molecule has 1 aliphatic rings. The van der Waals surface area contributed by atoms with Gasteiger partial charge in [-0.2, -0.15) is 5.10 Å². The Bertz CT molecular complexity index is 1270. The summed E-state index contributed by atoms with van der Waals surface area (Å²) in [5.74, 6) is 4.46. The van der Waals surface area contributed by atoms with Crippen LogP contribution in [0.25, 0.3) is 22.3 Å². The Kier molecular flexibility index (Phi) is 4.98. The molecule has 0 aliphatic carbocycles. The van der Waals surface area contributed by atoms with Crippen LogP contribution in [0.5, 0.6) is 11.5 Å². The molecule has 0 radical (unpaired) electrons. The van der Waals surface area contributed by atoms with Crippen LogP contribution in [0.1, 0.15) is 24.4 Å². The van der Waals surface area contributed by atoms with Gasteiger partial charge in [-0.25, -0.2) is 14.6 Å². The predicted molar refractivity (Wildman–Crippen MR) is 121 cm³/mol. The Balaban J connectivity index is 1.50. The molecular formula is C24H22N6O. The molecule has 154 valence electrons. The molecule has 7 nitrogen and oxygen atoms in total. The number of benzene rings is 2. The van der Waals surface area contributed by atoms with Crippen molar-refractivity contribution in [3.63, 3.8) is 0 Å². The number of nitrogens with one attached hydrogen (secondary N) is 1. The molecule has 1 saturated heterocycles. The summed E-state index contributed by atoms with van der Waals surface area (Å²) >= 11 is 0. The molecule has 1 aliphatic heterocycles. The van der Waals surface area contributed by atoms with Crippen LogP contribution in [0.4, 0.5) is 5.82 Å². The van der Waals surface area contributed by atoms with Crippen molar-refractivity contribution in [1.29, 1.82) is 0 Å². The lowest BCUT2D eigenvalue weighted by molar-refractivity contribution is 0.350. The highest BCUT2D eigenvalue weighted by Gasteiger charge is 2.23. The fraction of sp³-hybridized carbons (Fsp3) is 0.208. The van der Waals surface area contributed by atoms with Gasteiger partial charge < -0.3 is 15.8 Å². The van der Waals surface area contributed by atoms with Crippen molar-refractivity contribution in [2.45, 2.75) is 18.9 Å². The molecule has 5 rings (SSSR count). The van der Waals surface area contributed by atoms with E-state index in [1.54, 1.807) is 0 Å². The third kappa shape index (κ3) is 3.69. The molecule has 0 amide bonds. The second kappa shape index (κ2) is 8.09. The van der Waals surface area contributed by atoms with Gasteiger partial charge in [-0.3, -0.25) is 0 Å². The first kappa shape index (κ1) is 19.1.